The van der Waals surface area contributed by atoms with E-state index in [2.05, 4.69) is 10.2 Å². The predicted octanol–water partition coefficient (Wildman–Crippen LogP) is 2.23. The molecule has 4 heteroatoms. The molecule has 1 aromatic rings. The van der Waals surface area contributed by atoms with Gasteiger partial charge in [0.15, 0.2) is 0 Å². The van der Waals surface area contributed by atoms with E-state index in [1.54, 1.807) is 12.1 Å². The molecular weight excluding hydrogens is 248 g/mol. The first-order valence-corrected chi connectivity index (χ1v) is 7.04. The van der Waals surface area contributed by atoms with Crippen molar-refractivity contribution < 1.29 is 5.11 Å². The molecule has 2 aliphatic rings. The zero-order chi connectivity index (χ0) is 12.5. The van der Waals surface area contributed by atoms with Crippen molar-refractivity contribution in [3.05, 3.63) is 28.8 Å². The zero-order valence-corrected chi connectivity index (χ0v) is 11.2. The number of nitrogens with one attached hydrogen (secondary N) is 1. The Morgan fingerprint density at radius 1 is 1.39 bits per heavy atom. The quantitative estimate of drug-likeness (QED) is 0.862. The van der Waals surface area contributed by atoms with Gasteiger partial charge in [0.1, 0.15) is 5.75 Å². The summed E-state index contributed by atoms with van der Waals surface area (Å²) >= 11 is 6.19. The molecule has 2 N–H and O–H groups in total. The van der Waals surface area contributed by atoms with Gasteiger partial charge in [-0.2, -0.15) is 0 Å². The van der Waals surface area contributed by atoms with E-state index in [0.29, 0.717) is 16.8 Å². The van der Waals surface area contributed by atoms with Crippen LogP contribution in [0, 0.1) is 5.92 Å². The maximum absolute atomic E-state index is 9.94. The second kappa shape index (κ2) is 5.08. The second-order valence-corrected chi connectivity index (χ2v) is 5.74. The maximum atomic E-state index is 9.94. The smallest absolute Gasteiger partial charge is 0.121 e. The number of likely N-dealkylation sites (tertiary alicyclic amines) is 1. The highest BCUT2D eigenvalue weighted by Crippen LogP contribution is 2.32. The van der Waals surface area contributed by atoms with Crippen molar-refractivity contribution in [2.75, 3.05) is 19.6 Å². The number of benzene rings is 1. The van der Waals surface area contributed by atoms with Gasteiger partial charge in [0.05, 0.1) is 0 Å². The van der Waals surface area contributed by atoms with Crippen LogP contribution in [0.3, 0.4) is 0 Å². The Morgan fingerprint density at radius 3 is 3.11 bits per heavy atom. The molecule has 2 saturated heterocycles. The summed E-state index contributed by atoms with van der Waals surface area (Å²) in [4.78, 5) is 2.47. The van der Waals surface area contributed by atoms with Crippen LogP contribution in [-0.2, 0) is 6.54 Å². The van der Waals surface area contributed by atoms with E-state index in [1.165, 1.54) is 12.8 Å². The zero-order valence-electron chi connectivity index (χ0n) is 10.4. The first-order valence-electron chi connectivity index (χ1n) is 6.67. The summed E-state index contributed by atoms with van der Waals surface area (Å²) < 4.78 is 0. The van der Waals surface area contributed by atoms with E-state index >= 15 is 0 Å². The molecule has 98 valence electrons. The van der Waals surface area contributed by atoms with Gasteiger partial charge >= 0.3 is 0 Å². The Morgan fingerprint density at radius 2 is 2.28 bits per heavy atom. The minimum Gasteiger partial charge on any atom is -0.508 e. The van der Waals surface area contributed by atoms with Crippen LogP contribution in [0.15, 0.2) is 18.2 Å². The lowest BCUT2D eigenvalue weighted by molar-refractivity contribution is 0.116. The Kier molecular flexibility index (Phi) is 3.46. The Labute approximate surface area is 113 Å². The number of piperidine rings is 1. The monoisotopic (exact) mass is 266 g/mol. The second-order valence-electron chi connectivity index (χ2n) is 5.34. The van der Waals surface area contributed by atoms with Crippen molar-refractivity contribution in [3.63, 3.8) is 0 Å². The first-order chi connectivity index (χ1) is 8.75. The molecule has 2 heterocycles. The molecule has 0 saturated carbocycles. The molecule has 3 nitrogen and oxygen atoms in total. The fraction of sp³-hybridized carbons (Fsp3) is 0.571. The van der Waals surface area contributed by atoms with Crippen LogP contribution in [0.5, 0.6) is 5.75 Å². The molecule has 0 radical (unpaired) electrons. The van der Waals surface area contributed by atoms with Crippen LogP contribution < -0.4 is 5.32 Å². The van der Waals surface area contributed by atoms with Crippen molar-refractivity contribution in [1.82, 2.24) is 10.2 Å². The number of aromatic hydroxyl groups is 1. The van der Waals surface area contributed by atoms with Crippen molar-refractivity contribution in [2.45, 2.75) is 25.4 Å². The standard InChI is InChI=1S/C14H19ClN2O/c15-12-4-1-5-14(18)11(12)9-17-6-2-3-10-7-16-8-13(10)17/h1,4-5,10,13,16,18H,2-3,6-9H2. The van der Waals surface area contributed by atoms with Gasteiger partial charge in [0.25, 0.3) is 0 Å². The number of hydrogen-bond acceptors (Lipinski definition) is 3. The number of fused-ring (bicyclic) bond motifs is 1. The van der Waals surface area contributed by atoms with Crippen LogP contribution in [0.4, 0.5) is 0 Å². The Balaban J connectivity index is 1.79. The van der Waals surface area contributed by atoms with Gasteiger partial charge in [-0.3, -0.25) is 4.90 Å². The fourth-order valence-corrected chi connectivity index (χ4v) is 3.50. The van der Waals surface area contributed by atoms with Gasteiger partial charge in [0.2, 0.25) is 0 Å². The van der Waals surface area contributed by atoms with Crippen LogP contribution in [0.25, 0.3) is 0 Å². The molecule has 3 rings (SSSR count). The average molecular weight is 267 g/mol. The lowest BCUT2D eigenvalue weighted by Gasteiger charge is -2.37. The number of nitrogens with zero attached hydrogens (tertiary/aromatic N) is 1. The van der Waals surface area contributed by atoms with Crippen molar-refractivity contribution in [2.24, 2.45) is 5.92 Å². The molecule has 2 aliphatic heterocycles. The summed E-state index contributed by atoms with van der Waals surface area (Å²) in [7, 11) is 0. The van der Waals surface area contributed by atoms with Gasteiger partial charge in [-0.25, -0.2) is 0 Å². The molecule has 2 atom stereocenters. The van der Waals surface area contributed by atoms with E-state index in [-0.39, 0.29) is 0 Å². The Bertz CT molecular complexity index is 418. The minimum atomic E-state index is 0.315. The first kappa shape index (κ1) is 12.3. The molecular formula is C14H19ClN2O. The van der Waals surface area contributed by atoms with Gasteiger partial charge in [-0.1, -0.05) is 17.7 Å². The van der Waals surface area contributed by atoms with Crippen molar-refractivity contribution in [3.8, 4) is 5.75 Å². The summed E-state index contributed by atoms with van der Waals surface area (Å²) in [5.74, 6) is 1.08. The lowest BCUT2D eigenvalue weighted by Crippen LogP contribution is -2.44. The molecule has 2 unspecified atom stereocenters. The third-order valence-electron chi connectivity index (χ3n) is 4.25. The summed E-state index contributed by atoms with van der Waals surface area (Å²) in [5, 5.41) is 14.1. The van der Waals surface area contributed by atoms with Gasteiger partial charge in [-0.15, -0.1) is 0 Å². The number of phenols is 1. The SMILES string of the molecule is Oc1cccc(Cl)c1CN1CCCC2CNCC21. The highest BCUT2D eigenvalue weighted by Gasteiger charge is 2.35. The maximum Gasteiger partial charge on any atom is 0.121 e. The predicted molar refractivity (Wildman–Crippen MR) is 72.9 cm³/mol. The number of phenolic OH excluding ortho intramolecular Hbond substituents is 1. The third-order valence-corrected chi connectivity index (χ3v) is 4.60. The number of halogens is 1. The number of rotatable bonds is 2. The van der Waals surface area contributed by atoms with E-state index in [4.69, 9.17) is 11.6 Å². The van der Waals surface area contributed by atoms with Crippen LogP contribution in [-0.4, -0.2) is 35.7 Å². The normalized spacial score (nSPS) is 28.3. The molecule has 0 aliphatic carbocycles. The molecule has 0 spiro atoms. The van der Waals surface area contributed by atoms with Crippen LogP contribution in [0.1, 0.15) is 18.4 Å². The minimum absolute atomic E-state index is 0.315. The Hall–Kier alpha value is -0.770. The van der Waals surface area contributed by atoms with E-state index in [1.807, 2.05) is 6.07 Å². The van der Waals surface area contributed by atoms with Crippen molar-refractivity contribution in [1.29, 1.82) is 0 Å². The van der Waals surface area contributed by atoms with Crippen LogP contribution in [0.2, 0.25) is 5.02 Å². The van der Waals surface area contributed by atoms with Gasteiger partial charge in [0, 0.05) is 29.7 Å². The van der Waals surface area contributed by atoms with Gasteiger partial charge in [-0.05, 0) is 44.0 Å². The van der Waals surface area contributed by atoms with Crippen LogP contribution >= 0.6 is 11.6 Å². The third kappa shape index (κ3) is 2.22. The average Bonchev–Trinajstić information content (AvgIpc) is 2.83. The largest absolute Gasteiger partial charge is 0.508 e. The topological polar surface area (TPSA) is 35.5 Å². The summed E-state index contributed by atoms with van der Waals surface area (Å²) in [6, 6.07) is 5.96. The highest BCUT2D eigenvalue weighted by molar-refractivity contribution is 6.31. The molecule has 0 amide bonds. The highest BCUT2D eigenvalue weighted by atomic mass is 35.5. The molecule has 18 heavy (non-hydrogen) atoms. The molecule has 0 aromatic heterocycles. The molecule has 1 aromatic carbocycles. The van der Waals surface area contributed by atoms with E-state index < -0.39 is 0 Å². The molecule has 2 fully saturated rings. The summed E-state index contributed by atoms with van der Waals surface area (Å²) in [6.07, 6.45) is 2.57. The van der Waals surface area contributed by atoms with E-state index in [9.17, 15) is 5.11 Å². The summed E-state index contributed by atoms with van der Waals surface area (Å²) in [5.41, 5.74) is 0.867. The van der Waals surface area contributed by atoms with E-state index in [0.717, 1.165) is 37.7 Å². The van der Waals surface area contributed by atoms with Gasteiger partial charge < -0.3 is 10.4 Å². The lowest BCUT2D eigenvalue weighted by atomic mass is 9.91. The number of hydrogen-bond donors (Lipinski definition) is 2. The molecule has 0 bridgehead atoms. The summed E-state index contributed by atoms with van der Waals surface area (Å²) in [6.45, 7) is 4.06. The fourth-order valence-electron chi connectivity index (χ4n) is 3.27. The van der Waals surface area contributed by atoms with Crippen molar-refractivity contribution >= 4 is 11.6 Å².